The van der Waals surface area contributed by atoms with Crippen LogP contribution in [0, 0.1) is 15.2 Å². The molecule has 1 nitrogen and oxygen atoms in total. The first-order valence-corrected chi connectivity index (χ1v) is 7.48. The van der Waals surface area contributed by atoms with Gasteiger partial charge >= 0.3 is 0 Å². The Morgan fingerprint density at radius 2 is 1.74 bits per heavy atom. The van der Waals surface area contributed by atoms with E-state index in [1.165, 1.54) is 12.1 Å². The third kappa shape index (κ3) is 3.97. The van der Waals surface area contributed by atoms with E-state index < -0.39 is 11.6 Å². The summed E-state index contributed by atoms with van der Waals surface area (Å²) < 4.78 is 28.2. The smallest absolute Gasteiger partial charge is 0.126 e. The maximum Gasteiger partial charge on any atom is 0.126 e. The van der Waals surface area contributed by atoms with Crippen molar-refractivity contribution in [2.45, 2.75) is 12.5 Å². The molecular formula is C14H11BrF2IN. The third-order valence-electron chi connectivity index (χ3n) is 2.74. The minimum absolute atomic E-state index is 0.300. The van der Waals surface area contributed by atoms with Crippen molar-refractivity contribution in [3.8, 4) is 0 Å². The first-order valence-electron chi connectivity index (χ1n) is 5.61. The summed E-state index contributed by atoms with van der Waals surface area (Å²) in [7, 11) is 0. The Morgan fingerprint density at radius 1 is 1.11 bits per heavy atom. The summed E-state index contributed by atoms with van der Waals surface area (Å²) in [6, 6.07) is 9.00. The second-order valence-corrected chi connectivity index (χ2v) is 6.33. The summed E-state index contributed by atoms with van der Waals surface area (Å²) in [5.74, 6) is -1.16. The zero-order chi connectivity index (χ0) is 14.0. The van der Waals surface area contributed by atoms with Gasteiger partial charge in [0, 0.05) is 20.2 Å². The fraction of sp³-hybridized carbons (Fsp3) is 0.143. The van der Waals surface area contributed by atoms with E-state index >= 15 is 0 Å². The molecule has 100 valence electrons. The lowest BCUT2D eigenvalue weighted by Gasteiger charge is -2.14. The molecule has 0 bridgehead atoms. The van der Waals surface area contributed by atoms with E-state index in [1.54, 1.807) is 0 Å². The molecular weight excluding hydrogens is 427 g/mol. The second kappa shape index (κ2) is 6.28. The van der Waals surface area contributed by atoms with Gasteiger partial charge in [0.1, 0.15) is 11.6 Å². The van der Waals surface area contributed by atoms with Crippen LogP contribution in [0.4, 0.5) is 8.78 Å². The topological polar surface area (TPSA) is 26.0 Å². The van der Waals surface area contributed by atoms with Gasteiger partial charge in [-0.25, -0.2) is 8.78 Å². The molecule has 0 fully saturated rings. The van der Waals surface area contributed by atoms with Gasteiger partial charge in [-0.05, 0) is 70.5 Å². The number of hydrogen-bond acceptors (Lipinski definition) is 1. The number of rotatable bonds is 3. The van der Waals surface area contributed by atoms with E-state index in [4.69, 9.17) is 5.73 Å². The molecule has 19 heavy (non-hydrogen) atoms. The van der Waals surface area contributed by atoms with Crippen LogP contribution in [-0.4, -0.2) is 0 Å². The number of halogens is 4. The molecule has 0 spiro atoms. The molecule has 0 aliphatic rings. The van der Waals surface area contributed by atoms with Crippen LogP contribution in [0.2, 0.25) is 0 Å². The Bertz CT molecular complexity index is 584. The Morgan fingerprint density at radius 3 is 2.37 bits per heavy atom. The number of benzene rings is 2. The van der Waals surface area contributed by atoms with Crippen LogP contribution in [-0.2, 0) is 6.42 Å². The van der Waals surface area contributed by atoms with Gasteiger partial charge in [0.05, 0.1) is 0 Å². The van der Waals surface area contributed by atoms with Gasteiger partial charge in [-0.3, -0.25) is 0 Å². The van der Waals surface area contributed by atoms with Crippen LogP contribution >= 0.6 is 38.5 Å². The van der Waals surface area contributed by atoms with Crippen molar-refractivity contribution in [2.75, 3.05) is 0 Å². The normalized spacial score (nSPS) is 12.5. The quantitative estimate of drug-likeness (QED) is 0.699. The molecule has 0 aromatic heterocycles. The predicted molar refractivity (Wildman–Crippen MR) is 83.8 cm³/mol. The van der Waals surface area contributed by atoms with Crippen LogP contribution in [0.1, 0.15) is 17.2 Å². The minimum atomic E-state index is -0.578. The van der Waals surface area contributed by atoms with Crippen molar-refractivity contribution in [3.05, 3.63) is 67.2 Å². The Kier molecular flexibility index (Phi) is 4.92. The van der Waals surface area contributed by atoms with Gasteiger partial charge in [-0.15, -0.1) is 0 Å². The average Bonchev–Trinajstić information content (AvgIpc) is 2.30. The first-order chi connectivity index (χ1) is 8.95. The van der Waals surface area contributed by atoms with Gasteiger partial charge < -0.3 is 5.73 Å². The summed E-state index contributed by atoms with van der Waals surface area (Å²) >= 11 is 5.59. The van der Waals surface area contributed by atoms with Crippen molar-refractivity contribution in [1.82, 2.24) is 0 Å². The SMILES string of the molecule is NC(Cc1cc(F)cc(F)c1)c1cc(Br)ccc1I. The van der Waals surface area contributed by atoms with Crippen molar-refractivity contribution >= 4 is 38.5 Å². The first kappa shape index (κ1) is 14.9. The van der Waals surface area contributed by atoms with E-state index in [1.807, 2.05) is 18.2 Å². The summed E-state index contributed by atoms with van der Waals surface area (Å²) in [5, 5.41) is 0. The number of hydrogen-bond donors (Lipinski definition) is 1. The average molecular weight is 438 g/mol. The zero-order valence-corrected chi connectivity index (χ0v) is 13.6. The Hall–Kier alpha value is -0.530. The molecule has 0 aliphatic heterocycles. The van der Waals surface area contributed by atoms with Crippen LogP contribution in [0.25, 0.3) is 0 Å². The largest absolute Gasteiger partial charge is 0.324 e. The maximum absolute atomic E-state index is 13.1. The van der Waals surface area contributed by atoms with Crippen LogP contribution in [0.5, 0.6) is 0 Å². The van der Waals surface area contributed by atoms with Crippen molar-refractivity contribution < 1.29 is 8.78 Å². The molecule has 2 N–H and O–H groups in total. The number of nitrogens with two attached hydrogens (primary N) is 1. The predicted octanol–water partition coefficient (Wildman–Crippen LogP) is 4.57. The highest BCUT2D eigenvalue weighted by molar-refractivity contribution is 14.1. The molecule has 0 saturated heterocycles. The van der Waals surface area contributed by atoms with Gasteiger partial charge in [-0.1, -0.05) is 15.9 Å². The molecule has 0 heterocycles. The molecule has 2 rings (SSSR count). The zero-order valence-electron chi connectivity index (χ0n) is 9.84. The van der Waals surface area contributed by atoms with E-state index in [0.29, 0.717) is 12.0 Å². The third-order valence-corrected chi connectivity index (χ3v) is 4.21. The molecule has 0 saturated carbocycles. The van der Waals surface area contributed by atoms with Crippen molar-refractivity contribution in [1.29, 1.82) is 0 Å². The van der Waals surface area contributed by atoms with Crippen LogP contribution in [0.15, 0.2) is 40.9 Å². The fourth-order valence-corrected chi connectivity index (χ4v) is 3.01. The lowest BCUT2D eigenvalue weighted by molar-refractivity contribution is 0.576. The van der Waals surface area contributed by atoms with E-state index in [-0.39, 0.29) is 6.04 Å². The molecule has 1 unspecified atom stereocenters. The van der Waals surface area contributed by atoms with E-state index in [9.17, 15) is 8.78 Å². The summed E-state index contributed by atoms with van der Waals surface area (Å²) in [6.07, 6.45) is 0.390. The maximum atomic E-state index is 13.1. The van der Waals surface area contributed by atoms with Crippen molar-refractivity contribution in [2.24, 2.45) is 5.73 Å². The minimum Gasteiger partial charge on any atom is -0.324 e. The van der Waals surface area contributed by atoms with Gasteiger partial charge in [0.2, 0.25) is 0 Å². The Labute approximate surface area is 132 Å². The Balaban J connectivity index is 2.25. The molecule has 0 amide bonds. The molecule has 5 heteroatoms. The summed E-state index contributed by atoms with van der Waals surface area (Å²) in [5.41, 5.74) is 7.64. The standard InChI is InChI=1S/C14H11BrF2IN/c15-9-1-2-13(18)12(6-9)14(19)5-8-3-10(16)7-11(17)4-8/h1-4,6-7,14H,5,19H2. The molecule has 2 aromatic carbocycles. The van der Waals surface area contributed by atoms with Crippen LogP contribution < -0.4 is 5.73 Å². The van der Waals surface area contributed by atoms with Crippen molar-refractivity contribution in [3.63, 3.8) is 0 Å². The summed E-state index contributed by atoms with van der Waals surface area (Å²) in [4.78, 5) is 0. The van der Waals surface area contributed by atoms with Gasteiger partial charge in [-0.2, -0.15) is 0 Å². The van der Waals surface area contributed by atoms with E-state index in [2.05, 4.69) is 38.5 Å². The van der Waals surface area contributed by atoms with E-state index in [0.717, 1.165) is 19.7 Å². The monoisotopic (exact) mass is 437 g/mol. The lowest BCUT2D eigenvalue weighted by atomic mass is 9.99. The highest BCUT2D eigenvalue weighted by Gasteiger charge is 2.12. The lowest BCUT2D eigenvalue weighted by Crippen LogP contribution is -2.15. The molecule has 1 atom stereocenters. The highest BCUT2D eigenvalue weighted by atomic mass is 127. The summed E-state index contributed by atoms with van der Waals surface area (Å²) in [6.45, 7) is 0. The highest BCUT2D eigenvalue weighted by Crippen LogP contribution is 2.25. The fourth-order valence-electron chi connectivity index (χ4n) is 1.89. The van der Waals surface area contributed by atoms with Gasteiger partial charge in [0.25, 0.3) is 0 Å². The molecule has 2 aromatic rings. The molecule has 0 aliphatic carbocycles. The molecule has 0 radical (unpaired) electrons. The second-order valence-electron chi connectivity index (χ2n) is 4.25. The van der Waals surface area contributed by atoms with Gasteiger partial charge in [0.15, 0.2) is 0 Å². The van der Waals surface area contributed by atoms with Crippen LogP contribution in [0.3, 0.4) is 0 Å².